The molecule has 0 radical (unpaired) electrons. The van der Waals surface area contributed by atoms with Crippen molar-refractivity contribution in [3.8, 4) is 0 Å². The minimum absolute atomic E-state index is 0.0333. The maximum absolute atomic E-state index is 11.9. The third kappa shape index (κ3) is 4.67. The fourth-order valence-corrected chi connectivity index (χ4v) is 1.69. The van der Waals surface area contributed by atoms with E-state index in [2.05, 4.69) is 10.3 Å². The molecule has 1 aromatic heterocycles. The van der Waals surface area contributed by atoms with Gasteiger partial charge in [0.25, 0.3) is 5.91 Å². The minimum atomic E-state index is -1.29. The highest BCUT2D eigenvalue weighted by molar-refractivity contribution is 6.34. The number of rotatable bonds is 6. The first kappa shape index (κ1) is 16.2. The Morgan fingerprint density at radius 2 is 2.00 bits per heavy atom. The summed E-state index contributed by atoms with van der Waals surface area (Å²) in [5.41, 5.74) is 4.74. The Kier molecular flexibility index (Phi) is 5.72. The maximum Gasteiger partial charge on any atom is 0.326 e. The van der Waals surface area contributed by atoms with E-state index in [0.717, 1.165) is 0 Å². The van der Waals surface area contributed by atoms with Gasteiger partial charge in [-0.3, -0.25) is 9.59 Å². The van der Waals surface area contributed by atoms with Gasteiger partial charge in [0.15, 0.2) is 0 Å². The lowest BCUT2D eigenvalue weighted by Gasteiger charge is -2.13. The molecular weight excluding hydrogens is 309 g/mol. The van der Waals surface area contributed by atoms with Crippen LogP contribution in [0, 0.1) is 0 Å². The van der Waals surface area contributed by atoms with Crippen molar-refractivity contribution in [1.29, 1.82) is 0 Å². The van der Waals surface area contributed by atoms with Crippen LogP contribution in [-0.2, 0) is 9.59 Å². The number of carbonyl (C=O) groups is 3. The summed E-state index contributed by atoms with van der Waals surface area (Å²) in [6.45, 7) is 0. The fourth-order valence-electron chi connectivity index (χ4n) is 1.35. The van der Waals surface area contributed by atoms with E-state index in [1.54, 1.807) is 0 Å². The molecule has 108 valence electrons. The number of nitrogens with one attached hydrogen (secondary N) is 1. The first-order valence-corrected chi connectivity index (χ1v) is 6.21. The van der Waals surface area contributed by atoms with Crippen molar-refractivity contribution in [2.45, 2.75) is 18.9 Å². The summed E-state index contributed by atoms with van der Waals surface area (Å²) in [5.74, 6) is -2.75. The Labute approximate surface area is 124 Å². The van der Waals surface area contributed by atoms with E-state index >= 15 is 0 Å². The van der Waals surface area contributed by atoms with E-state index in [0.29, 0.717) is 0 Å². The highest BCUT2D eigenvalue weighted by Gasteiger charge is 2.23. The zero-order valence-corrected chi connectivity index (χ0v) is 11.6. The first-order valence-electron chi connectivity index (χ1n) is 5.45. The number of amides is 2. The maximum atomic E-state index is 11.9. The highest BCUT2D eigenvalue weighted by Crippen LogP contribution is 2.17. The van der Waals surface area contributed by atoms with Crippen molar-refractivity contribution in [3.05, 3.63) is 28.0 Å². The summed E-state index contributed by atoms with van der Waals surface area (Å²) in [4.78, 5) is 37.2. The molecule has 1 heterocycles. The zero-order valence-electron chi connectivity index (χ0n) is 10.1. The number of halogens is 2. The third-order valence-electron chi connectivity index (χ3n) is 2.31. The monoisotopic (exact) mass is 319 g/mol. The number of primary amides is 1. The summed E-state index contributed by atoms with van der Waals surface area (Å²) in [6.07, 6.45) is -0.303. The Bertz CT molecular complexity index is 550. The topological polar surface area (TPSA) is 122 Å². The number of hydrogen-bond donors (Lipinski definition) is 3. The van der Waals surface area contributed by atoms with Crippen LogP contribution in [0.4, 0.5) is 0 Å². The van der Waals surface area contributed by atoms with E-state index in [9.17, 15) is 14.4 Å². The van der Waals surface area contributed by atoms with Gasteiger partial charge in [0, 0.05) is 6.42 Å². The molecule has 0 spiro atoms. The molecule has 4 N–H and O–H groups in total. The molecule has 0 aliphatic heterocycles. The molecule has 20 heavy (non-hydrogen) atoms. The molecule has 0 saturated carbocycles. The third-order valence-corrected chi connectivity index (χ3v) is 2.83. The van der Waals surface area contributed by atoms with Crippen LogP contribution in [0.2, 0.25) is 10.2 Å². The van der Waals surface area contributed by atoms with Crippen LogP contribution in [0.3, 0.4) is 0 Å². The van der Waals surface area contributed by atoms with Crippen LogP contribution in [0.25, 0.3) is 0 Å². The number of aliphatic carboxylic acids is 1. The van der Waals surface area contributed by atoms with Crippen LogP contribution < -0.4 is 11.1 Å². The summed E-state index contributed by atoms with van der Waals surface area (Å²) >= 11 is 11.4. The predicted octanol–water partition coefficient (Wildman–Crippen LogP) is 0.837. The largest absolute Gasteiger partial charge is 0.480 e. The lowest BCUT2D eigenvalue weighted by Crippen LogP contribution is -2.41. The molecule has 0 aromatic carbocycles. The van der Waals surface area contributed by atoms with E-state index in [1.807, 2.05) is 0 Å². The molecule has 0 bridgehead atoms. The quantitative estimate of drug-likeness (QED) is 0.670. The number of aromatic nitrogens is 1. The molecule has 2 amide bonds. The van der Waals surface area contributed by atoms with Gasteiger partial charge in [-0.2, -0.15) is 0 Å². The summed E-state index contributed by atoms with van der Waals surface area (Å²) in [5, 5.41) is 11.2. The average molecular weight is 320 g/mol. The second-order valence-corrected chi connectivity index (χ2v) is 4.63. The number of carboxylic acid groups (broad SMARTS) is 1. The molecule has 1 atom stereocenters. The van der Waals surface area contributed by atoms with Crippen LogP contribution in [-0.4, -0.2) is 33.9 Å². The molecule has 0 aliphatic carbocycles. The Balaban J connectivity index is 2.82. The Morgan fingerprint density at radius 3 is 2.55 bits per heavy atom. The van der Waals surface area contributed by atoms with Crippen LogP contribution in [0.15, 0.2) is 12.1 Å². The molecular formula is C11H11Cl2N3O4. The molecule has 1 rings (SSSR count). The van der Waals surface area contributed by atoms with Gasteiger partial charge in [-0.15, -0.1) is 0 Å². The number of hydrogen-bond acceptors (Lipinski definition) is 4. The first-order chi connectivity index (χ1) is 9.31. The second-order valence-electron chi connectivity index (χ2n) is 3.83. The minimum Gasteiger partial charge on any atom is -0.480 e. The molecule has 0 saturated heterocycles. The fraction of sp³-hybridized carbons (Fsp3) is 0.273. The molecule has 0 aliphatic rings. The number of carboxylic acids is 1. The van der Waals surface area contributed by atoms with Gasteiger partial charge in [-0.1, -0.05) is 23.2 Å². The van der Waals surface area contributed by atoms with E-state index < -0.39 is 23.8 Å². The molecule has 7 nitrogen and oxygen atoms in total. The standard InChI is InChI=1S/C11H11Cl2N3O4/c12-5-1-3-7(13)16-9(5)10(18)15-6(11(19)20)2-4-8(14)17/h1,3,6H,2,4H2,(H2,14,17)(H,15,18)(H,19,20)/t6-/m0/s1. The van der Waals surface area contributed by atoms with E-state index in [-0.39, 0.29) is 28.7 Å². The smallest absolute Gasteiger partial charge is 0.326 e. The zero-order chi connectivity index (χ0) is 15.3. The van der Waals surface area contributed by atoms with Gasteiger partial charge in [0.2, 0.25) is 5.91 Å². The molecule has 9 heteroatoms. The summed E-state index contributed by atoms with van der Waals surface area (Å²) in [6, 6.07) is 1.49. The van der Waals surface area contributed by atoms with Gasteiger partial charge in [0.1, 0.15) is 16.9 Å². The normalized spacial score (nSPS) is 11.7. The van der Waals surface area contributed by atoms with E-state index in [4.69, 9.17) is 34.0 Å². The van der Waals surface area contributed by atoms with E-state index in [1.165, 1.54) is 12.1 Å². The second kappa shape index (κ2) is 7.06. The van der Waals surface area contributed by atoms with Gasteiger partial charge in [0.05, 0.1) is 5.02 Å². The average Bonchev–Trinajstić information content (AvgIpc) is 2.36. The Hall–Kier alpha value is -1.86. The lowest BCUT2D eigenvalue weighted by molar-refractivity contribution is -0.139. The lowest BCUT2D eigenvalue weighted by atomic mass is 10.1. The van der Waals surface area contributed by atoms with Crippen molar-refractivity contribution in [2.75, 3.05) is 0 Å². The highest BCUT2D eigenvalue weighted by atomic mass is 35.5. The Morgan fingerprint density at radius 1 is 1.35 bits per heavy atom. The van der Waals surface area contributed by atoms with Gasteiger partial charge in [-0.25, -0.2) is 9.78 Å². The summed E-state index contributed by atoms with van der Waals surface area (Å²) < 4.78 is 0. The van der Waals surface area contributed by atoms with Crippen LogP contribution in [0.1, 0.15) is 23.3 Å². The number of nitrogens with zero attached hydrogens (tertiary/aromatic N) is 1. The number of pyridine rings is 1. The van der Waals surface area contributed by atoms with Gasteiger partial charge < -0.3 is 16.2 Å². The van der Waals surface area contributed by atoms with Crippen molar-refractivity contribution in [2.24, 2.45) is 5.73 Å². The van der Waals surface area contributed by atoms with Crippen molar-refractivity contribution in [1.82, 2.24) is 10.3 Å². The molecule has 0 unspecified atom stereocenters. The number of carbonyl (C=O) groups excluding carboxylic acids is 2. The SMILES string of the molecule is NC(=O)CC[C@H](NC(=O)c1nc(Cl)ccc1Cl)C(=O)O. The summed E-state index contributed by atoms with van der Waals surface area (Å²) in [7, 11) is 0. The van der Waals surface area contributed by atoms with Crippen molar-refractivity contribution in [3.63, 3.8) is 0 Å². The van der Waals surface area contributed by atoms with Crippen molar-refractivity contribution >= 4 is 41.0 Å². The van der Waals surface area contributed by atoms with Crippen molar-refractivity contribution < 1.29 is 19.5 Å². The molecule has 0 fully saturated rings. The predicted molar refractivity (Wildman–Crippen MR) is 71.6 cm³/mol. The van der Waals surface area contributed by atoms with Gasteiger partial charge in [-0.05, 0) is 18.6 Å². The molecule has 1 aromatic rings. The number of nitrogens with two attached hydrogens (primary N) is 1. The van der Waals surface area contributed by atoms with Gasteiger partial charge >= 0.3 is 5.97 Å². The van der Waals surface area contributed by atoms with Crippen LogP contribution in [0.5, 0.6) is 0 Å². The van der Waals surface area contributed by atoms with Crippen LogP contribution >= 0.6 is 23.2 Å².